The standard InChI is InChI=1S/C14H16.C10H12N2S/c1-10(2)14-9-13-7-5-4-6-12(13)8-11(14)3;1-7(2)12-5-4-9-10(8(12)3)13-6-11-9/h4-10H,1-3H3;4-7H,3H2,1-2H3. The van der Waals surface area contributed by atoms with E-state index in [0.29, 0.717) is 12.0 Å². The van der Waals surface area contributed by atoms with E-state index in [9.17, 15) is 0 Å². The Kier molecular flexibility index (Phi) is 5.81. The Bertz CT molecular complexity index is 979. The van der Waals surface area contributed by atoms with Crippen molar-refractivity contribution < 1.29 is 0 Å². The first-order chi connectivity index (χ1) is 12.9. The van der Waals surface area contributed by atoms with E-state index in [1.54, 1.807) is 11.3 Å². The molecule has 1 aromatic heterocycles. The van der Waals surface area contributed by atoms with Crippen LogP contribution in [0.25, 0.3) is 22.5 Å². The summed E-state index contributed by atoms with van der Waals surface area (Å²) >= 11 is 1.65. The van der Waals surface area contributed by atoms with Gasteiger partial charge < -0.3 is 4.90 Å². The number of thiazole rings is 1. The zero-order chi connectivity index (χ0) is 19.6. The van der Waals surface area contributed by atoms with Crippen LogP contribution in [0.4, 0.5) is 0 Å². The molecule has 0 N–H and O–H groups in total. The first-order valence-electron chi connectivity index (χ1n) is 9.47. The predicted molar refractivity (Wildman–Crippen MR) is 120 cm³/mol. The van der Waals surface area contributed by atoms with Crippen LogP contribution in [0.3, 0.4) is 0 Å². The van der Waals surface area contributed by atoms with E-state index in [4.69, 9.17) is 0 Å². The van der Waals surface area contributed by atoms with Gasteiger partial charge in [0, 0.05) is 12.2 Å². The van der Waals surface area contributed by atoms with E-state index < -0.39 is 0 Å². The third kappa shape index (κ3) is 4.14. The molecule has 4 rings (SSSR count). The molecular weight excluding hydrogens is 348 g/mol. The molecule has 140 valence electrons. The van der Waals surface area contributed by atoms with Gasteiger partial charge in [-0.2, -0.15) is 0 Å². The highest BCUT2D eigenvalue weighted by Gasteiger charge is 2.18. The van der Waals surface area contributed by atoms with E-state index in [2.05, 4.69) is 93.7 Å². The van der Waals surface area contributed by atoms with Crippen molar-refractivity contribution in [1.82, 2.24) is 9.88 Å². The zero-order valence-electron chi connectivity index (χ0n) is 16.9. The van der Waals surface area contributed by atoms with Gasteiger partial charge in [-0.05, 0) is 54.7 Å². The lowest BCUT2D eigenvalue weighted by molar-refractivity contribution is 0.439. The fourth-order valence-electron chi connectivity index (χ4n) is 3.43. The first kappa shape index (κ1) is 19.4. The monoisotopic (exact) mass is 376 g/mol. The highest BCUT2D eigenvalue weighted by Crippen LogP contribution is 2.31. The lowest BCUT2D eigenvalue weighted by Gasteiger charge is -2.28. The van der Waals surface area contributed by atoms with Gasteiger partial charge in [0.05, 0.1) is 21.8 Å². The first-order valence-corrected chi connectivity index (χ1v) is 10.3. The van der Waals surface area contributed by atoms with Gasteiger partial charge in [0.1, 0.15) is 0 Å². The van der Waals surface area contributed by atoms with Crippen molar-refractivity contribution in [3.05, 3.63) is 76.4 Å². The molecule has 2 heterocycles. The van der Waals surface area contributed by atoms with Crippen LogP contribution in [0.2, 0.25) is 0 Å². The summed E-state index contributed by atoms with van der Waals surface area (Å²) in [6.07, 6.45) is 4.09. The van der Waals surface area contributed by atoms with Crippen molar-refractivity contribution in [3.63, 3.8) is 0 Å². The largest absolute Gasteiger partial charge is 0.345 e. The van der Waals surface area contributed by atoms with E-state index in [0.717, 1.165) is 11.4 Å². The quantitative estimate of drug-likeness (QED) is 0.475. The van der Waals surface area contributed by atoms with E-state index >= 15 is 0 Å². The maximum atomic E-state index is 4.25. The normalized spacial score (nSPS) is 13.1. The van der Waals surface area contributed by atoms with Crippen molar-refractivity contribution in [1.29, 1.82) is 0 Å². The summed E-state index contributed by atoms with van der Waals surface area (Å²) in [7, 11) is 0. The molecule has 0 aliphatic carbocycles. The maximum Gasteiger partial charge on any atom is 0.0847 e. The van der Waals surface area contributed by atoms with Crippen LogP contribution >= 0.6 is 11.3 Å². The number of aromatic nitrogens is 1. The van der Waals surface area contributed by atoms with E-state index in [1.165, 1.54) is 26.8 Å². The van der Waals surface area contributed by atoms with Crippen molar-refractivity contribution >= 4 is 33.9 Å². The molecule has 0 bridgehead atoms. The van der Waals surface area contributed by atoms with Gasteiger partial charge in [-0.3, -0.25) is 0 Å². The van der Waals surface area contributed by atoms with Crippen molar-refractivity contribution in [3.8, 4) is 0 Å². The molecular formula is C24H28N2S. The Morgan fingerprint density at radius 1 is 1.04 bits per heavy atom. The Morgan fingerprint density at radius 3 is 2.33 bits per heavy atom. The Morgan fingerprint density at radius 2 is 1.70 bits per heavy atom. The number of nitrogens with zero attached hydrogens (tertiary/aromatic N) is 2. The molecule has 2 nitrogen and oxygen atoms in total. The summed E-state index contributed by atoms with van der Waals surface area (Å²) in [6.45, 7) is 15.1. The molecule has 0 spiro atoms. The molecule has 0 amide bonds. The average Bonchev–Trinajstić information content (AvgIpc) is 3.11. The van der Waals surface area contributed by atoms with Crippen molar-refractivity contribution in [2.75, 3.05) is 0 Å². The number of fused-ring (bicyclic) bond motifs is 2. The second kappa shape index (κ2) is 8.10. The molecule has 2 aromatic carbocycles. The summed E-state index contributed by atoms with van der Waals surface area (Å²) in [5.41, 5.74) is 6.84. The summed E-state index contributed by atoms with van der Waals surface area (Å²) in [4.78, 5) is 7.60. The molecule has 3 heteroatoms. The number of hydrogen-bond acceptors (Lipinski definition) is 3. The lowest BCUT2D eigenvalue weighted by Crippen LogP contribution is -2.24. The fourth-order valence-corrected chi connectivity index (χ4v) is 4.18. The van der Waals surface area contributed by atoms with Crippen LogP contribution in [-0.4, -0.2) is 15.9 Å². The summed E-state index contributed by atoms with van der Waals surface area (Å²) in [5, 5.41) is 2.69. The molecule has 3 aromatic rings. The molecule has 0 saturated carbocycles. The van der Waals surface area contributed by atoms with Crippen LogP contribution in [0.1, 0.15) is 55.3 Å². The fraction of sp³-hybridized carbons (Fsp3) is 0.292. The second-order valence-electron chi connectivity index (χ2n) is 7.54. The minimum absolute atomic E-state index is 0.457. The molecule has 0 unspecified atom stereocenters. The highest BCUT2D eigenvalue weighted by atomic mass is 32.1. The number of hydrogen-bond donors (Lipinski definition) is 0. The molecule has 1 aliphatic heterocycles. The highest BCUT2D eigenvalue weighted by molar-refractivity contribution is 7.11. The Hall–Kier alpha value is -2.39. The SMILES string of the molecule is C=C1c2scnc2C=CN1C(C)C.Cc1cc2ccccc2cc1C(C)C. The van der Waals surface area contributed by atoms with Gasteiger partial charge >= 0.3 is 0 Å². The van der Waals surface area contributed by atoms with Gasteiger partial charge in [0.25, 0.3) is 0 Å². The number of aryl methyl sites for hydroxylation is 1. The Balaban J connectivity index is 0.000000156. The molecule has 1 aliphatic rings. The third-order valence-electron chi connectivity index (χ3n) is 4.87. The minimum Gasteiger partial charge on any atom is -0.345 e. The van der Waals surface area contributed by atoms with Crippen molar-refractivity contribution in [2.24, 2.45) is 0 Å². The maximum absolute atomic E-state index is 4.25. The summed E-state index contributed by atoms with van der Waals surface area (Å²) in [6, 6.07) is 13.6. The molecule has 0 atom stereocenters. The van der Waals surface area contributed by atoms with Gasteiger partial charge in [-0.1, -0.05) is 56.8 Å². The molecule has 27 heavy (non-hydrogen) atoms. The van der Waals surface area contributed by atoms with E-state index in [1.807, 2.05) is 11.6 Å². The molecule has 0 radical (unpaired) electrons. The number of rotatable bonds is 2. The van der Waals surface area contributed by atoms with Crippen LogP contribution in [0.5, 0.6) is 0 Å². The average molecular weight is 377 g/mol. The van der Waals surface area contributed by atoms with Gasteiger partial charge in [0.15, 0.2) is 0 Å². The van der Waals surface area contributed by atoms with Crippen LogP contribution in [0.15, 0.2) is 54.7 Å². The smallest absolute Gasteiger partial charge is 0.0847 e. The second-order valence-corrected chi connectivity index (χ2v) is 8.40. The number of benzene rings is 2. The zero-order valence-corrected chi connectivity index (χ0v) is 17.7. The molecule has 0 saturated heterocycles. The summed E-state index contributed by atoms with van der Waals surface area (Å²) < 4.78 is 0. The summed E-state index contributed by atoms with van der Waals surface area (Å²) in [5.74, 6) is 0.611. The van der Waals surface area contributed by atoms with Crippen LogP contribution < -0.4 is 0 Å². The Labute approximate surface area is 166 Å². The predicted octanol–water partition coefficient (Wildman–Crippen LogP) is 7.08. The lowest BCUT2D eigenvalue weighted by atomic mass is 9.94. The van der Waals surface area contributed by atoms with E-state index in [-0.39, 0.29) is 0 Å². The van der Waals surface area contributed by atoms with Crippen LogP contribution in [-0.2, 0) is 0 Å². The van der Waals surface area contributed by atoms with Gasteiger partial charge in [0.2, 0.25) is 0 Å². The minimum atomic E-state index is 0.457. The topological polar surface area (TPSA) is 16.1 Å². The van der Waals surface area contributed by atoms with Crippen LogP contribution in [0, 0.1) is 6.92 Å². The van der Waals surface area contributed by atoms with Gasteiger partial charge in [-0.25, -0.2) is 4.98 Å². The third-order valence-corrected chi connectivity index (χ3v) is 5.77. The molecule has 0 fully saturated rings. The van der Waals surface area contributed by atoms with Crippen molar-refractivity contribution in [2.45, 2.75) is 46.6 Å². The van der Waals surface area contributed by atoms with Gasteiger partial charge in [-0.15, -0.1) is 11.3 Å².